The van der Waals surface area contributed by atoms with Crippen molar-refractivity contribution < 1.29 is 28.7 Å². The molecule has 15 heteroatoms. The van der Waals surface area contributed by atoms with Gasteiger partial charge in [0.05, 0.1) is 43.0 Å². The number of fused-ring (bicyclic) bond motifs is 2. The molecule has 3 N–H and O–H groups in total. The van der Waals surface area contributed by atoms with Crippen molar-refractivity contribution in [2.45, 2.75) is 110 Å². The van der Waals surface area contributed by atoms with Gasteiger partial charge in [-0.05, 0) is 93.3 Å². The highest BCUT2D eigenvalue weighted by atomic mass is 16.5. The zero-order valence-electron chi connectivity index (χ0n) is 35.1. The molecule has 3 fully saturated rings. The monoisotopic (exact) mass is 797 g/mol. The van der Waals surface area contributed by atoms with E-state index in [1.54, 1.807) is 0 Å². The molecule has 2 aromatic carbocycles. The van der Waals surface area contributed by atoms with Crippen LogP contribution in [-0.2, 0) is 25.5 Å². The molecule has 58 heavy (non-hydrogen) atoms. The van der Waals surface area contributed by atoms with Crippen LogP contribution in [-0.4, -0.2) is 120 Å². The highest BCUT2D eigenvalue weighted by Crippen LogP contribution is 2.38. The van der Waals surface area contributed by atoms with Crippen molar-refractivity contribution in [1.29, 1.82) is 0 Å². The van der Waals surface area contributed by atoms with Crippen LogP contribution >= 0.6 is 0 Å². The lowest BCUT2D eigenvalue weighted by molar-refractivity contribution is -0.135. The summed E-state index contributed by atoms with van der Waals surface area (Å²) in [7, 11) is 2.61. The van der Waals surface area contributed by atoms with Gasteiger partial charge in [0.2, 0.25) is 11.8 Å². The number of piperazine rings is 1. The Morgan fingerprint density at radius 2 is 1.29 bits per heavy atom. The van der Waals surface area contributed by atoms with E-state index >= 15 is 0 Å². The number of carbonyl (C=O) groups excluding carboxylic acids is 4. The summed E-state index contributed by atoms with van der Waals surface area (Å²) in [6.07, 6.45) is 2.87. The molecular formula is C43H59N9O6. The van der Waals surface area contributed by atoms with Gasteiger partial charge in [-0.2, -0.15) is 0 Å². The summed E-state index contributed by atoms with van der Waals surface area (Å²) in [6.45, 7) is 15.1. The maximum atomic E-state index is 13.7. The van der Waals surface area contributed by atoms with Gasteiger partial charge in [0.15, 0.2) is 0 Å². The Morgan fingerprint density at radius 1 is 0.759 bits per heavy atom. The molecule has 0 spiro atoms. The van der Waals surface area contributed by atoms with Gasteiger partial charge in [-0.1, -0.05) is 27.7 Å². The second-order valence-electron chi connectivity index (χ2n) is 17.0. The third-order valence-corrected chi connectivity index (χ3v) is 12.4. The minimum atomic E-state index is -0.684. The molecule has 0 aliphatic carbocycles. The van der Waals surface area contributed by atoms with Gasteiger partial charge in [0.25, 0.3) is 0 Å². The van der Waals surface area contributed by atoms with Crippen molar-refractivity contribution >= 4 is 57.8 Å². The van der Waals surface area contributed by atoms with Gasteiger partial charge in [-0.3, -0.25) is 14.6 Å². The number of likely N-dealkylation sites (tertiary alicyclic amines) is 2. The third-order valence-electron chi connectivity index (χ3n) is 12.4. The van der Waals surface area contributed by atoms with Crippen LogP contribution in [0, 0.1) is 11.8 Å². The fourth-order valence-corrected chi connectivity index (χ4v) is 9.23. The van der Waals surface area contributed by atoms with E-state index in [2.05, 4.69) is 75.7 Å². The van der Waals surface area contributed by atoms with Crippen LogP contribution < -0.4 is 20.4 Å². The highest BCUT2D eigenvalue weighted by Gasteiger charge is 2.40. The number of hydrogen-bond acceptors (Lipinski definition) is 10. The lowest BCUT2D eigenvalue weighted by atomic mass is 9.99. The molecule has 0 radical (unpaired) electrons. The molecule has 4 aliphatic rings. The lowest BCUT2D eigenvalue weighted by Crippen LogP contribution is -2.56. The number of imidazole rings is 1. The Bertz CT molecular complexity index is 2060. The van der Waals surface area contributed by atoms with E-state index in [4.69, 9.17) is 19.5 Å². The second-order valence-corrected chi connectivity index (χ2v) is 17.0. The summed E-state index contributed by atoms with van der Waals surface area (Å²) < 4.78 is 9.59. The molecule has 0 bridgehead atoms. The molecule has 7 rings (SSSR count). The summed E-state index contributed by atoms with van der Waals surface area (Å²) in [5.74, 6) is 0.359. The van der Waals surface area contributed by atoms with Crippen LogP contribution in [0.4, 0.5) is 26.7 Å². The number of nitrogens with zero attached hydrogens (tertiary/aromatic N) is 6. The number of aliphatic imine (C=N–C) groups is 1. The number of alkyl carbamates (subject to hydrolysis) is 2. The summed E-state index contributed by atoms with van der Waals surface area (Å²) in [4.78, 5) is 73.7. The number of benzene rings is 2. The fourth-order valence-electron chi connectivity index (χ4n) is 9.23. The standard InChI is InChI=1S/C43H59N9O6/c1-24(2)37(47-42(55)57-7)40(53)49-17-9-11-35(49)34-20-28-19-29(13-15-31(28)44-34)51-22-27(6)52(23-26(51)5)30-14-16-32-33(21-30)46-39(45-32)36-12-10-18-50(36)41(54)38(25(3)4)48-43(56)58-8/h13-16,19,21,24-27,35-38H,9-12,17-18,20,22-23H2,1-8H3,(H,45,46)(H,47,55)(H,48,56)/t26-,27+,35-,36-,37-,38-/m0/s1. The summed E-state index contributed by atoms with van der Waals surface area (Å²) in [5.41, 5.74) is 7.20. The molecule has 5 heterocycles. The highest BCUT2D eigenvalue weighted by molar-refractivity contribution is 6.01. The average molecular weight is 798 g/mol. The van der Waals surface area contributed by atoms with Gasteiger partial charge < -0.3 is 44.7 Å². The summed E-state index contributed by atoms with van der Waals surface area (Å²) >= 11 is 0. The van der Waals surface area contributed by atoms with Crippen LogP contribution in [0.15, 0.2) is 41.4 Å². The van der Waals surface area contributed by atoms with Crippen LogP contribution in [0.5, 0.6) is 0 Å². The lowest BCUT2D eigenvalue weighted by Gasteiger charge is -2.46. The van der Waals surface area contributed by atoms with Crippen molar-refractivity contribution in [1.82, 2.24) is 30.4 Å². The van der Waals surface area contributed by atoms with E-state index in [9.17, 15) is 19.2 Å². The van der Waals surface area contributed by atoms with Crippen LogP contribution in [0.25, 0.3) is 11.0 Å². The Kier molecular flexibility index (Phi) is 11.9. The van der Waals surface area contributed by atoms with Gasteiger partial charge in [0, 0.05) is 61.8 Å². The molecular weight excluding hydrogens is 739 g/mol. The molecule has 4 aliphatic heterocycles. The number of methoxy groups -OCH3 is 2. The van der Waals surface area contributed by atoms with Crippen molar-refractivity contribution in [2.24, 2.45) is 16.8 Å². The Morgan fingerprint density at radius 3 is 1.86 bits per heavy atom. The minimum Gasteiger partial charge on any atom is -0.453 e. The van der Waals surface area contributed by atoms with Gasteiger partial charge in [0.1, 0.15) is 17.9 Å². The third kappa shape index (κ3) is 8.04. The topological polar surface area (TPSA) is 165 Å². The molecule has 312 valence electrons. The van der Waals surface area contributed by atoms with Crippen LogP contribution in [0.1, 0.15) is 84.7 Å². The van der Waals surface area contributed by atoms with E-state index in [-0.39, 0.29) is 47.8 Å². The molecule has 1 aromatic heterocycles. The Labute approximate surface area is 340 Å². The largest absolute Gasteiger partial charge is 0.453 e. The molecule has 6 atom stereocenters. The number of H-pyrrole nitrogens is 1. The number of nitrogens with one attached hydrogen (secondary N) is 3. The summed E-state index contributed by atoms with van der Waals surface area (Å²) in [6, 6.07) is 11.7. The van der Waals surface area contributed by atoms with E-state index < -0.39 is 24.3 Å². The Hall–Kier alpha value is -5.34. The Balaban J connectivity index is 1.01. The number of hydrogen-bond donors (Lipinski definition) is 3. The summed E-state index contributed by atoms with van der Waals surface area (Å²) in [5, 5.41) is 5.47. The first kappa shape index (κ1) is 40.8. The number of aromatic nitrogens is 2. The number of anilines is 2. The number of ether oxygens (including phenoxy) is 2. The number of aromatic amines is 1. The van der Waals surface area contributed by atoms with Crippen molar-refractivity contribution in [2.75, 3.05) is 50.2 Å². The van der Waals surface area contributed by atoms with Crippen LogP contribution in [0.3, 0.4) is 0 Å². The second kappa shape index (κ2) is 16.9. The first-order valence-electron chi connectivity index (χ1n) is 20.8. The quantitative estimate of drug-likeness (QED) is 0.233. The predicted octanol–water partition coefficient (Wildman–Crippen LogP) is 5.71. The van der Waals surface area contributed by atoms with Gasteiger partial charge >= 0.3 is 12.2 Å². The molecule has 0 unspecified atom stereocenters. The number of amides is 4. The van der Waals surface area contributed by atoms with E-state index in [1.807, 2.05) is 37.5 Å². The molecule has 3 saturated heterocycles. The zero-order valence-corrected chi connectivity index (χ0v) is 35.1. The van der Waals surface area contributed by atoms with E-state index in [0.717, 1.165) is 72.7 Å². The van der Waals surface area contributed by atoms with Crippen molar-refractivity contribution in [3.8, 4) is 0 Å². The smallest absolute Gasteiger partial charge is 0.407 e. The first-order valence-corrected chi connectivity index (χ1v) is 20.8. The maximum absolute atomic E-state index is 13.7. The van der Waals surface area contributed by atoms with E-state index in [0.29, 0.717) is 19.5 Å². The minimum absolute atomic E-state index is 0.0846. The predicted molar refractivity (Wildman–Crippen MR) is 224 cm³/mol. The van der Waals surface area contributed by atoms with Gasteiger partial charge in [-0.25, -0.2) is 14.6 Å². The molecule has 15 nitrogen and oxygen atoms in total. The molecule has 4 amide bonds. The average Bonchev–Trinajstić information content (AvgIpc) is 4.03. The van der Waals surface area contributed by atoms with Crippen molar-refractivity contribution in [3.05, 3.63) is 47.8 Å². The van der Waals surface area contributed by atoms with Gasteiger partial charge in [-0.15, -0.1) is 0 Å². The first-order chi connectivity index (χ1) is 27.8. The van der Waals surface area contributed by atoms with Crippen molar-refractivity contribution in [3.63, 3.8) is 0 Å². The zero-order chi connectivity index (χ0) is 41.4. The van der Waals surface area contributed by atoms with Crippen LogP contribution in [0.2, 0.25) is 0 Å². The number of carbonyl (C=O) groups is 4. The maximum Gasteiger partial charge on any atom is 0.407 e. The molecule has 0 saturated carbocycles. The van der Waals surface area contributed by atoms with E-state index in [1.165, 1.54) is 25.5 Å². The normalized spacial score (nSPS) is 23.0. The fraction of sp³-hybridized carbons (Fsp3) is 0.581. The number of rotatable bonds is 10. The SMILES string of the molecule is COC(=O)N[C@H](C(=O)N1CCC[C@H]1C1=Nc2ccc(N3C[C@@H](C)N(c4ccc5nc([C@@H]6CCCN6C(=O)[C@@H](NC(=O)OC)C(C)C)[nH]c5c4)C[C@@H]3C)cc2C1)C(C)C. The molecule has 3 aromatic rings.